The van der Waals surface area contributed by atoms with E-state index in [0.29, 0.717) is 5.75 Å². The molecule has 80 valence electrons. The van der Waals surface area contributed by atoms with Crippen LogP contribution in [-0.4, -0.2) is 0 Å². The van der Waals surface area contributed by atoms with E-state index in [1.165, 1.54) is 0 Å². The van der Waals surface area contributed by atoms with Crippen molar-refractivity contribution in [2.45, 2.75) is 0 Å². The van der Waals surface area contributed by atoms with E-state index < -0.39 is 16.9 Å². The van der Waals surface area contributed by atoms with Gasteiger partial charge in [-0.05, 0) is 12.1 Å². The third-order valence-electron chi connectivity index (χ3n) is 0.944. The Kier molecular flexibility index (Phi) is 12.9. The van der Waals surface area contributed by atoms with E-state index in [0.717, 1.165) is 0 Å². The fraction of sp³-hybridized carbons (Fsp3) is 0. The second kappa shape index (κ2) is 10.9. The molecule has 0 saturated carbocycles. The summed E-state index contributed by atoms with van der Waals surface area (Å²) in [5, 5.41) is 0. The third kappa shape index (κ3) is 14.4. The Labute approximate surface area is 108 Å². The van der Waals surface area contributed by atoms with E-state index in [2.05, 4.69) is 4.52 Å². The molecular weight excluding hydrogens is 321 g/mol. The molecule has 0 N–H and O–H groups in total. The van der Waals surface area contributed by atoms with E-state index in [-0.39, 0.29) is 26.2 Å². The molecule has 1 rings (SSSR count). The minimum atomic E-state index is -3.37. The molecule has 0 spiro atoms. The Morgan fingerprint density at radius 3 is 1.87 bits per heavy atom. The average molecular weight is 327 g/mol. The second-order valence-electron chi connectivity index (χ2n) is 1.89. The smallest absolute Gasteiger partial charge is 0.854 e. The summed E-state index contributed by atoms with van der Waals surface area (Å²) >= 11 is 0. The molecule has 1 aromatic carbocycles. The van der Waals surface area contributed by atoms with Crippen LogP contribution in [0.4, 0.5) is 0 Å². The summed E-state index contributed by atoms with van der Waals surface area (Å²) in [5.74, 6) is 0.362. The van der Waals surface area contributed by atoms with Crippen LogP contribution in [0.1, 0.15) is 0 Å². The van der Waals surface area contributed by atoms with Gasteiger partial charge in [0.2, 0.25) is 0 Å². The van der Waals surface area contributed by atoms with Crippen molar-refractivity contribution in [3.05, 3.63) is 30.3 Å². The monoisotopic (exact) mass is 326 g/mol. The largest absolute Gasteiger partial charge is 4.00 e. The molecule has 0 bridgehead atoms. The first kappa shape index (κ1) is 17.8. The summed E-state index contributed by atoms with van der Waals surface area (Å²) in [6, 6.07) is 8.37. The van der Waals surface area contributed by atoms with Crippen LogP contribution in [0, 0.1) is 0 Å². The van der Waals surface area contributed by atoms with Gasteiger partial charge in [-0.15, -0.1) is 0 Å². The van der Waals surface area contributed by atoms with Crippen LogP contribution in [0.25, 0.3) is 0 Å². The van der Waals surface area contributed by atoms with Crippen molar-refractivity contribution >= 4 is 16.9 Å². The van der Waals surface area contributed by atoms with Crippen LogP contribution in [0.3, 0.4) is 0 Å². The van der Waals surface area contributed by atoms with Gasteiger partial charge in [0.25, 0.3) is 0 Å². The van der Waals surface area contributed by atoms with E-state index in [1.54, 1.807) is 30.3 Å². The molecule has 0 heterocycles. The predicted octanol–water partition coefficient (Wildman–Crippen LogP) is -1.89. The van der Waals surface area contributed by atoms with Crippen molar-refractivity contribution in [3.8, 4) is 5.75 Å². The van der Waals surface area contributed by atoms with E-state index in [1.807, 2.05) is 0 Å². The van der Waals surface area contributed by atoms with Crippen molar-refractivity contribution in [3.63, 3.8) is 0 Å². The molecule has 0 amide bonds. The Bertz CT molecular complexity index is 267. The SMILES string of the molecule is O=[PH]([O-])Oc1ccccc1.[O-]P([O-])[O-].[Zr+4]. The minimum Gasteiger partial charge on any atom is -0.854 e. The fourth-order valence-corrected chi connectivity index (χ4v) is 0.913. The topological polar surface area (TPSA) is 119 Å². The van der Waals surface area contributed by atoms with Crippen LogP contribution >= 0.6 is 16.9 Å². The summed E-state index contributed by atoms with van der Waals surface area (Å²) in [6.07, 6.45) is 0. The van der Waals surface area contributed by atoms with Gasteiger partial charge >= 0.3 is 26.2 Å². The fourth-order valence-electron chi connectivity index (χ4n) is 0.585. The Hall–Kier alpha value is 0.403. The van der Waals surface area contributed by atoms with Gasteiger partial charge in [0.15, 0.2) is 8.25 Å². The number of rotatable bonds is 2. The molecule has 9 heteroatoms. The standard InChI is InChI=1S/C6H7O3P.O3P.Zr/c7-10(8)9-6-4-2-1-3-5-6;1-4(2)3;/h1-5,10H,(H,7,8);;/q;-3;+4/p-1. The van der Waals surface area contributed by atoms with Gasteiger partial charge in [0, 0.05) is 0 Å². The summed E-state index contributed by atoms with van der Waals surface area (Å²) in [4.78, 5) is 35.5. The zero-order valence-electron chi connectivity index (χ0n) is 7.28. The Balaban J connectivity index is 0. The van der Waals surface area contributed by atoms with Crippen LogP contribution in [0.5, 0.6) is 5.75 Å². The van der Waals surface area contributed by atoms with Gasteiger partial charge in [-0.2, -0.15) is 0 Å². The van der Waals surface area contributed by atoms with E-state index in [9.17, 15) is 9.46 Å². The second-order valence-corrected chi connectivity index (χ2v) is 3.04. The molecule has 0 fully saturated rings. The molecule has 0 aliphatic heterocycles. The van der Waals surface area contributed by atoms with Crippen LogP contribution < -0.4 is 24.1 Å². The van der Waals surface area contributed by atoms with Gasteiger partial charge in [-0.25, -0.2) is 0 Å². The maximum atomic E-state index is 10.0. The molecule has 1 unspecified atom stereocenters. The van der Waals surface area contributed by atoms with Crippen LogP contribution in [0.2, 0.25) is 0 Å². The van der Waals surface area contributed by atoms with Gasteiger partial charge < -0.3 is 32.7 Å². The zero-order valence-corrected chi connectivity index (χ0v) is 11.6. The molecule has 0 aliphatic rings. The van der Waals surface area contributed by atoms with Crippen molar-refractivity contribution in [1.82, 2.24) is 0 Å². The van der Waals surface area contributed by atoms with E-state index >= 15 is 0 Å². The summed E-state index contributed by atoms with van der Waals surface area (Å²) in [5.41, 5.74) is 0. The quantitative estimate of drug-likeness (QED) is 0.586. The molecule has 0 radical (unpaired) electrons. The molecule has 1 aromatic rings. The van der Waals surface area contributed by atoms with Gasteiger partial charge in [0.05, 0.1) is 0 Å². The first-order valence-corrected chi connectivity index (χ1v) is 5.60. The normalized spacial score (nSPS) is 10.7. The van der Waals surface area contributed by atoms with Crippen molar-refractivity contribution in [2.24, 2.45) is 0 Å². The molecule has 0 saturated heterocycles. The summed E-state index contributed by atoms with van der Waals surface area (Å²) in [7, 11) is -6.46. The molecule has 15 heavy (non-hydrogen) atoms. The third-order valence-corrected chi connectivity index (χ3v) is 1.35. The van der Waals surface area contributed by atoms with Gasteiger partial charge in [-0.3, -0.25) is 4.57 Å². The summed E-state index contributed by atoms with van der Waals surface area (Å²) in [6.45, 7) is 0. The van der Waals surface area contributed by atoms with Crippen LogP contribution in [0.15, 0.2) is 30.3 Å². The molecule has 1 atom stereocenters. The van der Waals surface area contributed by atoms with Crippen molar-refractivity contribution < 1.29 is 54.9 Å². The summed E-state index contributed by atoms with van der Waals surface area (Å²) < 4.78 is 14.4. The maximum Gasteiger partial charge on any atom is 4.00 e. The van der Waals surface area contributed by atoms with Gasteiger partial charge in [-0.1, -0.05) is 18.2 Å². The first-order valence-electron chi connectivity index (χ1n) is 3.27. The van der Waals surface area contributed by atoms with Crippen LogP contribution in [-0.2, 0) is 30.8 Å². The molecule has 6 nitrogen and oxygen atoms in total. The Morgan fingerprint density at radius 2 is 1.53 bits per heavy atom. The zero-order chi connectivity index (χ0) is 11.0. The molecule has 0 aliphatic carbocycles. The first-order chi connectivity index (χ1) is 6.52. The van der Waals surface area contributed by atoms with Crippen molar-refractivity contribution in [1.29, 1.82) is 0 Å². The van der Waals surface area contributed by atoms with E-state index in [4.69, 9.17) is 14.7 Å². The number of hydrogen-bond donors (Lipinski definition) is 0. The molecule has 0 aromatic heterocycles. The number of hydrogen-bond acceptors (Lipinski definition) is 6. The van der Waals surface area contributed by atoms with Crippen molar-refractivity contribution in [2.75, 3.05) is 0 Å². The van der Waals surface area contributed by atoms with Gasteiger partial charge in [0.1, 0.15) is 5.75 Å². The minimum absolute atomic E-state index is 0. The predicted molar refractivity (Wildman–Crippen MR) is 43.0 cm³/mol. The number of benzene rings is 1. The Morgan fingerprint density at radius 1 is 1.13 bits per heavy atom. The average Bonchev–Trinajstić information content (AvgIpc) is 2.03. The number of para-hydroxylation sites is 1. The molecular formula is C6H6O6P2Zr. The maximum absolute atomic E-state index is 10.0.